The molecule has 0 fully saturated rings. The van der Waals surface area contributed by atoms with E-state index in [0.29, 0.717) is 5.56 Å². The molecule has 0 atom stereocenters. The Morgan fingerprint density at radius 1 is 1.57 bits per heavy atom. The van der Waals surface area contributed by atoms with Crippen LogP contribution in [-0.4, -0.2) is 19.4 Å². The minimum Gasteiger partial charge on any atom is -0.384 e. The van der Waals surface area contributed by atoms with Crippen LogP contribution in [0.1, 0.15) is 12.5 Å². The zero-order valence-corrected chi connectivity index (χ0v) is 8.34. The van der Waals surface area contributed by atoms with Crippen molar-refractivity contribution in [3.05, 3.63) is 29.6 Å². The highest BCUT2D eigenvalue weighted by Gasteiger charge is 2.09. The van der Waals surface area contributed by atoms with E-state index in [1.807, 2.05) is 18.9 Å². The zero-order chi connectivity index (χ0) is 10.7. The number of benzene rings is 1. The van der Waals surface area contributed by atoms with E-state index in [2.05, 4.69) is 0 Å². The third-order valence-electron chi connectivity index (χ3n) is 2.13. The molecule has 3 N–H and O–H groups in total. The van der Waals surface area contributed by atoms with Gasteiger partial charge in [-0.2, -0.15) is 0 Å². The first-order valence-electron chi connectivity index (χ1n) is 4.41. The van der Waals surface area contributed by atoms with Gasteiger partial charge in [0, 0.05) is 24.8 Å². The van der Waals surface area contributed by atoms with E-state index in [1.54, 1.807) is 6.07 Å². The van der Waals surface area contributed by atoms with Crippen molar-refractivity contribution in [1.82, 2.24) is 0 Å². The molecule has 0 aliphatic carbocycles. The van der Waals surface area contributed by atoms with E-state index in [1.165, 1.54) is 12.1 Å². The quantitative estimate of drug-likeness (QED) is 0.568. The molecule has 1 aromatic rings. The lowest BCUT2D eigenvalue weighted by molar-refractivity contribution is 0.627. The normalized spacial score (nSPS) is 9.93. The third kappa shape index (κ3) is 2.02. The first-order valence-corrected chi connectivity index (χ1v) is 4.41. The highest BCUT2D eigenvalue weighted by molar-refractivity contribution is 6.00. The van der Waals surface area contributed by atoms with E-state index in [0.717, 1.165) is 12.2 Å². The van der Waals surface area contributed by atoms with Crippen molar-refractivity contribution >= 4 is 11.5 Å². The second-order valence-corrected chi connectivity index (χ2v) is 3.09. The van der Waals surface area contributed by atoms with Crippen molar-refractivity contribution in [2.24, 2.45) is 5.73 Å². The van der Waals surface area contributed by atoms with Crippen LogP contribution in [0.5, 0.6) is 0 Å². The lowest BCUT2D eigenvalue weighted by Crippen LogP contribution is -2.22. The van der Waals surface area contributed by atoms with Crippen LogP contribution in [-0.2, 0) is 0 Å². The summed E-state index contributed by atoms with van der Waals surface area (Å²) < 4.78 is 12.9. The van der Waals surface area contributed by atoms with Gasteiger partial charge < -0.3 is 10.6 Å². The Hall–Kier alpha value is -1.58. The molecule has 3 nitrogen and oxygen atoms in total. The van der Waals surface area contributed by atoms with Crippen LogP contribution in [0.2, 0.25) is 0 Å². The van der Waals surface area contributed by atoms with Crippen molar-refractivity contribution in [3.63, 3.8) is 0 Å². The third-order valence-corrected chi connectivity index (χ3v) is 2.13. The summed E-state index contributed by atoms with van der Waals surface area (Å²) in [5.41, 5.74) is 6.58. The Labute approximate surface area is 82.8 Å². The Kier molecular flexibility index (Phi) is 3.06. The number of nitrogens with zero attached hydrogens (tertiary/aromatic N) is 1. The number of halogens is 1. The lowest BCUT2D eigenvalue weighted by atomic mass is 10.1. The largest absolute Gasteiger partial charge is 0.384 e. The molecule has 1 rings (SSSR count). The van der Waals surface area contributed by atoms with E-state index in [-0.39, 0.29) is 11.7 Å². The van der Waals surface area contributed by atoms with Crippen LogP contribution < -0.4 is 10.6 Å². The Morgan fingerprint density at radius 2 is 2.21 bits per heavy atom. The molecular formula is C10H14FN3. The van der Waals surface area contributed by atoms with Gasteiger partial charge in [-0.3, -0.25) is 5.41 Å². The number of anilines is 1. The summed E-state index contributed by atoms with van der Waals surface area (Å²) in [6, 6.07) is 4.29. The van der Waals surface area contributed by atoms with Crippen molar-refractivity contribution in [1.29, 1.82) is 5.41 Å². The molecule has 0 aliphatic rings. The molecule has 0 amide bonds. The van der Waals surface area contributed by atoms with E-state index in [4.69, 9.17) is 11.1 Å². The highest BCUT2D eigenvalue weighted by Crippen LogP contribution is 2.19. The topological polar surface area (TPSA) is 53.1 Å². The summed E-state index contributed by atoms with van der Waals surface area (Å²) >= 11 is 0. The standard InChI is InChI=1S/C10H14FN3/c1-3-14(2)9-5-4-7(11)6-8(9)10(12)13/h4-6H,3H2,1-2H3,(H3,12,13). The second-order valence-electron chi connectivity index (χ2n) is 3.09. The van der Waals surface area contributed by atoms with Crippen LogP contribution in [0, 0.1) is 11.2 Å². The number of nitrogens with two attached hydrogens (primary N) is 1. The van der Waals surface area contributed by atoms with Crippen LogP contribution in [0.25, 0.3) is 0 Å². The molecule has 0 saturated carbocycles. The fraction of sp³-hybridized carbons (Fsp3) is 0.300. The first-order chi connectivity index (χ1) is 6.56. The predicted molar refractivity (Wildman–Crippen MR) is 56.4 cm³/mol. The monoisotopic (exact) mass is 195 g/mol. The molecule has 0 radical (unpaired) electrons. The van der Waals surface area contributed by atoms with Crippen molar-refractivity contribution < 1.29 is 4.39 Å². The van der Waals surface area contributed by atoms with Gasteiger partial charge in [0.15, 0.2) is 0 Å². The second kappa shape index (κ2) is 4.09. The van der Waals surface area contributed by atoms with Crippen LogP contribution in [0.4, 0.5) is 10.1 Å². The van der Waals surface area contributed by atoms with E-state index >= 15 is 0 Å². The van der Waals surface area contributed by atoms with Gasteiger partial charge in [0.1, 0.15) is 11.7 Å². The number of nitrogen functional groups attached to an aromatic ring is 1. The van der Waals surface area contributed by atoms with Gasteiger partial charge in [-0.1, -0.05) is 0 Å². The molecule has 0 saturated heterocycles. The van der Waals surface area contributed by atoms with Crippen LogP contribution in [0.3, 0.4) is 0 Å². The number of hydrogen-bond acceptors (Lipinski definition) is 2. The minimum atomic E-state index is -0.372. The van der Waals surface area contributed by atoms with Gasteiger partial charge in [0.25, 0.3) is 0 Å². The number of rotatable bonds is 3. The van der Waals surface area contributed by atoms with Crippen LogP contribution in [0.15, 0.2) is 18.2 Å². The molecule has 0 unspecified atom stereocenters. The molecule has 0 bridgehead atoms. The van der Waals surface area contributed by atoms with E-state index in [9.17, 15) is 4.39 Å². The van der Waals surface area contributed by atoms with Crippen molar-refractivity contribution in [2.45, 2.75) is 6.92 Å². The Balaban J connectivity index is 3.21. The molecular weight excluding hydrogens is 181 g/mol. The molecule has 0 aromatic heterocycles. The first kappa shape index (κ1) is 10.5. The minimum absolute atomic E-state index is 0.111. The zero-order valence-electron chi connectivity index (χ0n) is 8.34. The molecule has 4 heteroatoms. The fourth-order valence-electron chi connectivity index (χ4n) is 1.23. The smallest absolute Gasteiger partial charge is 0.125 e. The molecule has 0 aliphatic heterocycles. The molecule has 76 valence electrons. The van der Waals surface area contributed by atoms with Crippen molar-refractivity contribution in [2.75, 3.05) is 18.5 Å². The summed E-state index contributed by atoms with van der Waals surface area (Å²) in [4.78, 5) is 1.91. The Morgan fingerprint density at radius 3 is 2.71 bits per heavy atom. The maximum absolute atomic E-state index is 12.9. The van der Waals surface area contributed by atoms with Gasteiger partial charge in [0.05, 0.1) is 0 Å². The summed E-state index contributed by atoms with van der Waals surface area (Å²) in [6.45, 7) is 2.76. The van der Waals surface area contributed by atoms with Gasteiger partial charge >= 0.3 is 0 Å². The predicted octanol–water partition coefficient (Wildman–Crippen LogP) is 1.57. The van der Waals surface area contributed by atoms with Gasteiger partial charge in [0.2, 0.25) is 0 Å². The summed E-state index contributed by atoms with van der Waals surface area (Å²) in [6.07, 6.45) is 0. The Bertz CT molecular complexity index is 349. The average Bonchev–Trinajstić information content (AvgIpc) is 2.16. The van der Waals surface area contributed by atoms with E-state index < -0.39 is 0 Å². The number of nitrogens with one attached hydrogen (secondary N) is 1. The summed E-state index contributed by atoms with van der Waals surface area (Å²) in [5.74, 6) is -0.483. The molecule has 14 heavy (non-hydrogen) atoms. The maximum atomic E-state index is 12.9. The lowest BCUT2D eigenvalue weighted by Gasteiger charge is -2.20. The maximum Gasteiger partial charge on any atom is 0.125 e. The SMILES string of the molecule is CCN(C)c1ccc(F)cc1C(=N)N. The van der Waals surface area contributed by atoms with Gasteiger partial charge in [-0.15, -0.1) is 0 Å². The van der Waals surface area contributed by atoms with Crippen LogP contribution >= 0.6 is 0 Å². The van der Waals surface area contributed by atoms with Gasteiger partial charge in [-0.05, 0) is 25.1 Å². The summed E-state index contributed by atoms with van der Waals surface area (Å²) in [5, 5.41) is 7.33. The van der Waals surface area contributed by atoms with Gasteiger partial charge in [-0.25, -0.2) is 4.39 Å². The summed E-state index contributed by atoms with van der Waals surface area (Å²) in [7, 11) is 1.87. The number of hydrogen-bond donors (Lipinski definition) is 2. The number of amidine groups is 1. The average molecular weight is 195 g/mol. The molecule has 0 heterocycles. The molecule has 0 spiro atoms. The highest BCUT2D eigenvalue weighted by atomic mass is 19.1. The van der Waals surface area contributed by atoms with Crippen molar-refractivity contribution in [3.8, 4) is 0 Å². The fourth-order valence-corrected chi connectivity index (χ4v) is 1.23. The molecule has 1 aromatic carbocycles.